The van der Waals surface area contributed by atoms with Crippen LogP contribution in [0, 0.1) is 11.3 Å². The van der Waals surface area contributed by atoms with Crippen LogP contribution in [0.3, 0.4) is 0 Å². The SMILES string of the molecule is CCc1nnc(NCCc2ncc[nH]2)c(C#N)c1CC. The number of aryl methyl sites for hydroxylation is 1. The van der Waals surface area contributed by atoms with Crippen LogP contribution in [-0.4, -0.2) is 26.7 Å². The van der Waals surface area contributed by atoms with Crippen molar-refractivity contribution in [2.75, 3.05) is 11.9 Å². The van der Waals surface area contributed by atoms with Gasteiger partial charge in [0.05, 0.1) is 5.69 Å². The summed E-state index contributed by atoms with van der Waals surface area (Å²) in [7, 11) is 0. The molecule has 0 saturated carbocycles. The van der Waals surface area contributed by atoms with E-state index in [-0.39, 0.29) is 0 Å². The maximum Gasteiger partial charge on any atom is 0.166 e. The summed E-state index contributed by atoms with van der Waals surface area (Å²) in [4.78, 5) is 7.20. The van der Waals surface area contributed by atoms with Crippen LogP contribution in [0.15, 0.2) is 12.4 Å². The lowest BCUT2D eigenvalue weighted by atomic mass is 10.0. The second-order valence-corrected chi connectivity index (χ2v) is 4.38. The first-order chi connectivity index (χ1) is 9.80. The van der Waals surface area contributed by atoms with Crippen molar-refractivity contribution in [2.45, 2.75) is 33.1 Å². The minimum absolute atomic E-state index is 0.563. The summed E-state index contributed by atoms with van der Waals surface area (Å²) in [5.74, 6) is 1.47. The smallest absolute Gasteiger partial charge is 0.166 e. The maximum atomic E-state index is 9.36. The Morgan fingerprint density at radius 3 is 2.75 bits per heavy atom. The first-order valence-corrected chi connectivity index (χ1v) is 6.80. The van der Waals surface area contributed by atoms with Crippen molar-refractivity contribution in [3.8, 4) is 6.07 Å². The molecule has 0 radical (unpaired) electrons. The molecule has 2 aromatic rings. The number of hydrogen-bond donors (Lipinski definition) is 2. The van der Waals surface area contributed by atoms with Crippen LogP contribution < -0.4 is 5.32 Å². The van der Waals surface area contributed by atoms with Gasteiger partial charge in [-0.05, 0) is 18.4 Å². The minimum atomic E-state index is 0.563. The van der Waals surface area contributed by atoms with Gasteiger partial charge in [-0.15, -0.1) is 5.10 Å². The van der Waals surface area contributed by atoms with E-state index in [1.165, 1.54) is 0 Å². The lowest BCUT2D eigenvalue weighted by Gasteiger charge is -2.11. The van der Waals surface area contributed by atoms with Gasteiger partial charge in [0.25, 0.3) is 0 Å². The van der Waals surface area contributed by atoms with E-state index < -0.39 is 0 Å². The standard InChI is InChI=1S/C14H18N6/c1-3-10-11(9-15)14(20-19-12(10)4-2)18-6-5-13-16-7-8-17-13/h7-8H,3-6H2,1-2H3,(H,16,17)(H,18,20). The number of nitriles is 1. The predicted octanol–water partition coefficient (Wildman–Crippen LogP) is 1.85. The predicted molar refractivity (Wildman–Crippen MR) is 76.3 cm³/mol. The molecular weight excluding hydrogens is 252 g/mol. The van der Waals surface area contributed by atoms with Gasteiger partial charge in [-0.25, -0.2) is 4.98 Å². The maximum absolute atomic E-state index is 9.36. The number of nitrogens with one attached hydrogen (secondary N) is 2. The fourth-order valence-corrected chi connectivity index (χ4v) is 2.15. The zero-order valence-electron chi connectivity index (χ0n) is 11.8. The number of H-pyrrole nitrogens is 1. The van der Waals surface area contributed by atoms with Crippen molar-refractivity contribution in [3.05, 3.63) is 35.0 Å². The van der Waals surface area contributed by atoms with Gasteiger partial charge in [-0.2, -0.15) is 10.4 Å². The average Bonchev–Trinajstić information content (AvgIpc) is 2.99. The molecule has 0 amide bonds. The first kappa shape index (κ1) is 14.0. The number of aromatic amines is 1. The molecule has 2 aromatic heterocycles. The second-order valence-electron chi connectivity index (χ2n) is 4.38. The van der Waals surface area contributed by atoms with Gasteiger partial charge in [0.15, 0.2) is 5.82 Å². The number of anilines is 1. The van der Waals surface area contributed by atoms with Gasteiger partial charge in [0.2, 0.25) is 0 Å². The van der Waals surface area contributed by atoms with Crippen LogP contribution >= 0.6 is 0 Å². The molecule has 104 valence electrons. The highest BCUT2D eigenvalue weighted by Crippen LogP contribution is 2.19. The van der Waals surface area contributed by atoms with Crippen molar-refractivity contribution in [1.82, 2.24) is 20.2 Å². The summed E-state index contributed by atoms with van der Waals surface area (Å²) in [6.07, 6.45) is 5.84. The normalized spacial score (nSPS) is 10.2. The molecule has 0 spiro atoms. The van der Waals surface area contributed by atoms with E-state index in [0.717, 1.165) is 36.3 Å². The fourth-order valence-electron chi connectivity index (χ4n) is 2.15. The number of imidazole rings is 1. The van der Waals surface area contributed by atoms with Crippen LogP contribution in [0.25, 0.3) is 0 Å². The average molecular weight is 270 g/mol. The number of nitrogens with zero attached hydrogens (tertiary/aromatic N) is 4. The quantitative estimate of drug-likeness (QED) is 0.836. The third-order valence-corrected chi connectivity index (χ3v) is 3.17. The van der Waals surface area contributed by atoms with Crippen LogP contribution in [-0.2, 0) is 19.3 Å². The summed E-state index contributed by atoms with van der Waals surface area (Å²) in [5.41, 5.74) is 2.50. The van der Waals surface area contributed by atoms with Crippen molar-refractivity contribution < 1.29 is 0 Å². The van der Waals surface area contributed by atoms with E-state index in [2.05, 4.69) is 31.6 Å². The molecule has 0 aliphatic heterocycles. The summed E-state index contributed by atoms with van der Waals surface area (Å²) >= 11 is 0. The molecule has 0 fully saturated rings. The van der Waals surface area contributed by atoms with Crippen molar-refractivity contribution in [3.63, 3.8) is 0 Å². The highest BCUT2D eigenvalue weighted by molar-refractivity contribution is 5.56. The first-order valence-electron chi connectivity index (χ1n) is 6.80. The molecule has 0 saturated heterocycles. The largest absolute Gasteiger partial charge is 0.367 e. The Morgan fingerprint density at radius 2 is 2.15 bits per heavy atom. The van der Waals surface area contributed by atoms with Gasteiger partial charge in [-0.3, -0.25) is 0 Å². The number of aromatic nitrogens is 4. The Morgan fingerprint density at radius 1 is 1.30 bits per heavy atom. The third-order valence-electron chi connectivity index (χ3n) is 3.17. The third kappa shape index (κ3) is 2.94. The molecule has 2 N–H and O–H groups in total. The van der Waals surface area contributed by atoms with Gasteiger partial charge in [0.1, 0.15) is 17.5 Å². The minimum Gasteiger partial charge on any atom is -0.367 e. The molecule has 0 aromatic carbocycles. The number of rotatable bonds is 6. The van der Waals surface area contributed by atoms with E-state index >= 15 is 0 Å². The summed E-state index contributed by atoms with van der Waals surface area (Å²) < 4.78 is 0. The van der Waals surface area contributed by atoms with E-state index in [0.29, 0.717) is 17.9 Å². The van der Waals surface area contributed by atoms with Crippen LogP contribution in [0.2, 0.25) is 0 Å². The van der Waals surface area contributed by atoms with Crippen molar-refractivity contribution in [1.29, 1.82) is 5.26 Å². The van der Waals surface area contributed by atoms with Crippen molar-refractivity contribution in [2.24, 2.45) is 0 Å². The van der Waals surface area contributed by atoms with Gasteiger partial charge in [-0.1, -0.05) is 13.8 Å². The van der Waals surface area contributed by atoms with E-state index in [1.807, 2.05) is 13.8 Å². The Balaban J connectivity index is 2.13. The number of hydrogen-bond acceptors (Lipinski definition) is 5. The topological polar surface area (TPSA) is 90.3 Å². The Bertz CT molecular complexity index is 597. The lowest BCUT2D eigenvalue weighted by Crippen LogP contribution is -2.12. The Hall–Kier alpha value is -2.42. The fraction of sp³-hybridized carbons (Fsp3) is 0.429. The lowest BCUT2D eigenvalue weighted by molar-refractivity contribution is 0.858. The Kier molecular flexibility index (Phi) is 4.66. The molecule has 0 aliphatic carbocycles. The summed E-state index contributed by atoms with van der Waals surface area (Å²) in [5, 5.41) is 20.9. The highest BCUT2D eigenvalue weighted by atomic mass is 15.2. The van der Waals surface area contributed by atoms with Gasteiger partial charge in [0, 0.05) is 25.4 Å². The van der Waals surface area contributed by atoms with E-state index in [9.17, 15) is 5.26 Å². The van der Waals surface area contributed by atoms with Gasteiger partial charge >= 0.3 is 0 Å². The monoisotopic (exact) mass is 270 g/mol. The molecular formula is C14H18N6. The highest BCUT2D eigenvalue weighted by Gasteiger charge is 2.13. The molecule has 6 nitrogen and oxygen atoms in total. The van der Waals surface area contributed by atoms with Gasteiger partial charge < -0.3 is 10.3 Å². The summed E-state index contributed by atoms with van der Waals surface area (Å²) in [6.45, 7) is 4.71. The summed E-state index contributed by atoms with van der Waals surface area (Å²) in [6, 6.07) is 2.25. The van der Waals surface area contributed by atoms with Crippen LogP contribution in [0.5, 0.6) is 0 Å². The molecule has 20 heavy (non-hydrogen) atoms. The molecule has 2 heterocycles. The molecule has 0 unspecified atom stereocenters. The molecule has 0 atom stereocenters. The molecule has 0 aliphatic rings. The zero-order valence-corrected chi connectivity index (χ0v) is 11.8. The molecule has 2 rings (SSSR count). The van der Waals surface area contributed by atoms with E-state index in [4.69, 9.17) is 0 Å². The van der Waals surface area contributed by atoms with Crippen LogP contribution in [0.4, 0.5) is 5.82 Å². The van der Waals surface area contributed by atoms with Crippen LogP contribution in [0.1, 0.15) is 36.5 Å². The van der Waals surface area contributed by atoms with E-state index in [1.54, 1.807) is 12.4 Å². The zero-order chi connectivity index (χ0) is 14.4. The van der Waals surface area contributed by atoms with Crippen molar-refractivity contribution >= 4 is 5.82 Å². The Labute approximate surface area is 118 Å². The molecule has 6 heteroatoms. The second kappa shape index (κ2) is 6.66. The molecule has 0 bridgehead atoms.